The van der Waals surface area contributed by atoms with Gasteiger partial charge in [0.15, 0.2) is 11.6 Å². The lowest BCUT2D eigenvalue weighted by atomic mass is 9.96. The molecule has 2 aliphatic heterocycles. The molecule has 0 spiro atoms. The summed E-state index contributed by atoms with van der Waals surface area (Å²) in [6.45, 7) is 3.02. The average Bonchev–Trinajstić information content (AvgIpc) is 2.92. The molecule has 0 saturated carbocycles. The van der Waals surface area contributed by atoms with Crippen LogP contribution in [-0.4, -0.2) is 73.2 Å². The molecule has 4 rings (SSSR count). The van der Waals surface area contributed by atoms with Gasteiger partial charge in [0.1, 0.15) is 18.0 Å². The number of nitrogens with zero attached hydrogens (tertiary/aromatic N) is 2. The van der Waals surface area contributed by atoms with Gasteiger partial charge in [-0.05, 0) is 49.9 Å². The maximum Gasteiger partial charge on any atom is 0.225 e. The third kappa shape index (κ3) is 7.20. The molecule has 0 N–H and O–H groups in total. The maximum atomic E-state index is 13.7. The molecule has 2 fully saturated rings. The lowest BCUT2D eigenvalue weighted by molar-refractivity contribution is -0.166. The van der Waals surface area contributed by atoms with Crippen LogP contribution in [-0.2, 0) is 14.3 Å². The first-order valence-corrected chi connectivity index (χ1v) is 12.8. The van der Waals surface area contributed by atoms with Crippen molar-refractivity contribution in [3.05, 3.63) is 60.4 Å². The average molecular weight is 499 g/mol. The monoisotopic (exact) mass is 498 g/mol. The molecule has 194 valence electrons. The summed E-state index contributed by atoms with van der Waals surface area (Å²) in [6, 6.07) is 15.6. The molecule has 2 aliphatic rings. The van der Waals surface area contributed by atoms with Crippen LogP contribution in [0.15, 0.2) is 54.6 Å². The molecular weight excluding hydrogens is 463 g/mol. The minimum Gasteiger partial charge on any atom is -0.491 e. The van der Waals surface area contributed by atoms with Crippen LogP contribution in [0.2, 0.25) is 0 Å². The van der Waals surface area contributed by atoms with Crippen molar-refractivity contribution < 1.29 is 28.2 Å². The lowest BCUT2D eigenvalue weighted by Crippen LogP contribution is -2.58. The van der Waals surface area contributed by atoms with E-state index in [9.17, 15) is 14.0 Å². The molecule has 8 heteroatoms. The fourth-order valence-corrected chi connectivity index (χ4v) is 4.69. The van der Waals surface area contributed by atoms with E-state index < -0.39 is 11.4 Å². The summed E-state index contributed by atoms with van der Waals surface area (Å²) in [7, 11) is 0. The summed E-state index contributed by atoms with van der Waals surface area (Å²) in [4.78, 5) is 29.9. The number of hydrogen-bond acceptors (Lipinski definition) is 5. The number of hydrogen-bond donors (Lipinski definition) is 0. The number of carbonyl (C=O) groups excluding carboxylic acids is 2. The maximum absolute atomic E-state index is 13.7. The Labute approximate surface area is 212 Å². The predicted octanol–water partition coefficient (Wildman–Crippen LogP) is 4.06. The van der Waals surface area contributed by atoms with Gasteiger partial charge in [-0.2, -0.15) is 0 Å². The van der Waals surface area contributed by atoms with Crippen LogP contribution in [0.25, 0.3) is 0 Å². The molecule has 36 heavy (non-hydrogen) atoms. The minimum atomic E-state index is -0.915. The van der Waals surface area contributed by atoms with Crippen molar-refractivity contribution in [3.8, 4) is 11.5 Å². The van der Waals surface area contributed by atoms with Gasteiger partial charge in [-0.3, -0.25) is 9.59 Å². The van der Waals surface area contributed by atoms with Gasteiger partial charge < -0.3 is 24.0 Å². The first-order valence-electron chi connectivity index (χ1n) is 12.8. The number of morpholine rings is 1. The molecule has 7 nitrogen and oxygen atoms in total. The number of para-hydroxylation sites is 2. The number of ether oxygens (including phenoxy) is 3. The second-order valence-corrected chi connectivity index (χ2v) is 9.45. The van der Waals surface area contributed by atoms with Gasteiger partial charge in [-0.15, -0.1) is 0 Å². The molecule has 0 radical (unpaired) electrons. The van der Waals surface area contributed by atoms with E-state index in [1.54, 1.807) is 23.1 Å². The number of amides is 2. The van der Waals surface area contributed by atoms with Gasteiger partial charge in [0.2, 0.25) is 11.8 Å². The highest BCUT2D eigenvalue weighted by Gasteiger charge is 2.42. The molecule has 0 bridgehead atoms. The summed E-state index contributed by atoms with van der Waals surface area (Å²) in [5.74, 6) is 0.465. The molecule has 0 unspecified atom stereocenters. The fraction of sp³-hybridized carbons (Fsp3) is 0.500. The Morgan fingerprint density at radius 3 is 2.42 bits per heavy atom. The van der Waals surface area contributed by atoms with Crippen molar-refractivity contribution in [2.75, 3.05) is 46.0 Å². The number of benzene rings is 2. The van der Waals surface area contributed by atoms with Crippen LogP contribution in [0.3, 0.4) is 0 Å². The van der Waals surface area contributed by atoms with Crippen LogP contribution in [0, 0.1) is 5.82 Å². The Morgan fingerprint density at radius 1 is 0.889 bits per heavy atom. The van der Waals surface area contributed by atoms with E-state index in [1.165, 1.54) is 6.07 Å². The van der Waals surface area contributed by atoms with Crippen molar-refractivity contribution in [2.45, 2.75) is 44.1 Å². The van der Waals surface area contributed by atoms with Crippen LogP contribution in [0.1, 0.15) is 38.5 Å². The van der Waals surface area contributed by atoms with Crippen molar-refractivity contribution in [3.63, 3.8) is 0 Å². The summed E-state index contributed by atoms with van der Waals surface area (Å²) < 4.78 is 31.4. The topological polar surface area (TPSA) is 68.3 Å². The van der Waals surface area contributed by atoms with E-state index >= 15 is 0 Å². The summed E-state index contributed by atoms with van der Waals surface area (Å²) in [5.41, 5.74) is -0.915. The quantitative estimate of drug-likeness (QED) is 0.462. The van der Waals surface area contributed by atoms with Crippen molar-refractivity contribution in [1.29, 1.82) is 0 Å². The van der Waals surface area contributed by atoms with Crippen LogP contribution in [0.5, 0.6) is 11.5 Å². The second-order valence-electron chi connectivity index (χ2n) is 9.45. The number of piperidine rings is 1. The Balaban J connectivity index is 1.36. The summed E-state index contributed by atoms with van der Waals surface area (Å²) in [6.07, 6.45) is 4.07. The molecule has 2 heterocycles. The number of carbonyl (C=O) groups is 2. The Morgan fingerprint density at radius 2 is 1.64 bits per heavy atom. The molecular formula is C28H35FN2O5. The van der Waals surface area contributed by atoms with E-state index in [2.05, 4.69) is 0 Å². The zero-order valence-electron chi connectivity index (χ0n) is 20.7. The highest BCUT2D eigenvalue weighted by atomic mass is 19.1. The van der Waals surface area contributed by atoms with Gasteiger partial charge in [-0.25, -0.2) is 4.39 Å². The Hall–Kier alpha value is -3.13. The Kier molecular flexibility index (Phi) is 9.17. The molecule has 2 amide bonds. The second kappa shape index (κ2) is 12.7. The molecule has 0 aromatic heterocycles. The Bertz CT molecular complexity index is 998. The number of halogens is 1. The number of likely N-dealkylation sites (tertiary alicyclic amines) is 1. The molecule has 2 aromatic rings. The van der Waals surface area contributed by atoms with Gasteiger partial charge >= 0.3 is 0 Å². The first-order chi connectivity index (χ1) is 17.5. The summed E-state index contributed by atoms with van der Waals surface area (Å²) >= 11 is 0. The normalized spacial score (nSPS) is 20.1. The van der Waals surface area contributed by atoms with Gasteiger partial charge in [-0.1, -0.05) is 30.3 Å². The standard InChI is InChI=1S/C28H35FN2O5/c29-24-12-5-6-13-25(24)34-18-9-14-26(32)31-17-19-36-28(21-31,22-35-23-10-3-1-4-11-23)20-27(33)30-15-7-2-8-16-30/h1,3-6,10-13H,2,7-9,14-22H2/t28-/m0/s1. The van der Waals surface area contributed by atoms with Crippen LogP contribution < -0.4 is 9.47 Å². The fourth-order valence-electron chi connectivity index (χ4n) is 4.69. The zero-order valence-corrected chi connectivity index (χ0v) is 20.7. The number of rotatable bonds is 10. The van der Waals surface area contributed by atoms with Gasteiger partial charge in [0, 0.05) is 26.1 Å². The van der Waals surface area contributed by atoms with Crippen molar-refractivity contribution >= 4 is 11.8 Å². The first kappa shape index (κ1) is 25.9. The highest BCUT2D eigenvalue weighted by molar-refractivity contribution is 5.79. The van der Waals surface area contributed by atoms with Gasteiger partial charge in [0.05, 0.1) is 26.2 Å². The van der Waals surface area contributed by atoms with E-state index in [4.69, 9.17) is 14.2 Å². The smallest absolute Gasteiger partial charge is 0.225 e. The molecule has 2 saturated heterocycles. The van der Waals surface area contributed by atoms with E-state index in [1.807, 2.05) is 35.2 Å². The van der Waals surface area contributed by atoms with E-state index in [0.29, 0.717) is 25.3 Å². The van der Waals surface area contributed by atoms with E-state index in [-0.39, 0.29) is 50.2 Å². The predicted molar refractivity (Wildman–Crippen MR) is 133 cm³/mol. The minimum absolute atomic E-state index is 0.0371. The van der Waals surface area contributed by atoms with Crippen molar-refractivity contribution in [2.24, 2.45) is 0 Å². The highest BCUT2D eigenvalue weighted by Crippen LogP contribution is 2.27. The van der Waals surface area contributed by atoms with Crippen LogP contribution >= 0.6 is 0 Å². The summed E-state index contributed by atoms with van der Waals surface area (Å²) in [5, 5.41) is 0. The largest absolute Gasteiger partial charge is 0.491 e. The molecule has 1 atom stereocenters. The van der Waals surface area contributed by atoms with Gasteiger partial charge in [0.25, 0.3) is 0 Å². The molecule has 2 aromatic carbocycles. The molecule has 0 aliphatic carbocycles. The van der Waals surface area contributed by atoms with E-state index in [0.717, 1.165) is 32.4 Å². The third-order valence-corrected chi connectivity index (χ3v) is 6.66. The third-order valence-electron chi connectivity index (χ3n) is 6.66. The van der Waals surface area contributed by atoms with Crippen LogP contribution in [0.4, 0.5) is 4.39 Å². The SMILES string of the molecule is O=C(C[C@@]1(COc2ccccc2)CN(C(=O)CCCOc2ccccc2F)CCO1)N1CCCCC1. The lowest BCUT2D eigenvalue weighted by Gasteiger charge is -2.43. The zero-order chi connectivity index (χ0) is 25.2. The van der Waals surface area contributed by atoms with Crippen molar-refractivity contribution in [1.82, 2.24) is 9.80 Å².